The standard InChI is InChI=1S/C19H18F2/c20-19(21,16-14-18-11-5-2-6-12-18)15-8-7-13-17-9-3-1-4-10-17/h1-6,9-12H,7,13-14,16H2. The van der Waals surface area contributed by atoms with E-state index in [0.717, 1.165) is 11.1 Å². The summed E-state index contributed by atoms with van der Waals surface area (Å²) in [5.74, 6) is 1.82. The number of hydrogen-bond donors (Lipinski definition) is 0. The lowest BCUT2D eigenvalue weighted by Gasteiger charge is -2.08. The molecule has 108 valence electrons. The van der Waals surface area contributed by atoms with E-state index in [0.29, 0.717) is 19.3 Å². The molecule has 21 heavy (non-hydrogen) atoms. The molecular weight excluding hydrogens is 266 g/mol. The normalized spacial score (nSPS) is 10.8. The summed E-state index contributed by atoms with van der Waals surface area (Å²) < 4.78 is 27.3. The summed E-state index contributed by atoms with van der Waals surface area (Å²) in [7, 11) is 0. The van der Waals surface area contributed by atoms with Crippen LogP contribution >= 0.6 is 0 Å². The number of hydrogen-bond acceptors (Lipinski definition) is 0. The van der Waals surface area contributed by atoms with E-state index < -0.39 is 5.92 Å². The molecule has 0 bridgehead atoms. The van der Waals surface area contributed by atoms with Crippen molar-refractivity contribution in [1.29, 1.82) is 0 Å². The van der Waals surface area contributed by atoms with Gasteiger partial charge in [-0.25, -0.2) is 0 Å². The average Bonchev–Trinajstić information content (AvgIpc) is 2.52. The fourth-order valence-corrected chi connectivity index (χ4v) is 2.05. The molecular formula is C19H18F2. The molecule has 0 fully saturated rings. The molecule has 2 aromatic carbocycles. The molecule has 0 aromatic heterocycles. The maximum atomic E-state index is 13.7. The lowest BCUT2D eigenvalue weighted by Crippen LogP contribution is -2.14. The van der Waals surface area contributed by atoms with Crippen molar-refractivity contribution in [3.8, 4) is 11.8 Å². The minimum Gasteiger partial charge on any atom is -0.192 e. The van der Waals surface area contributed by atoms with E-state index in [1.807, 2.05) is 60.7 Å². The molecule has 0 saturated carbocycles. The van der Waals surface area contributed by atoms with Crippen molar-refractivity contribution in [2.75, 3.05) is 0 Å². The van der Waals surface area contributed by atoms with Gasteiger partial charge < -0.3 is 0 Å². The topological polar surface area (TPSA) is 0 Å². The maximum absolute atomic E-state index is 13.7. The van der Waals surface area contributed by atoms with Gasteiger partial charge in [-0.05, 0) is 29.9 Å². The molecule has 0 nitrogen and oxygen atoms in total. The van der Waals surface area contributed by atoms with E-state index in [2.05, 4.69) is 11.8 Å². The smallest absolute Gasteiger partial charge is 0.192 e. The van der Waals surface area contributed by atoms with Crippen molar-refractivity contribution < 1.29 is 8.78 Å². The first kappa shape index (κ1) is 15.3. The van der Waals surface area contributed by atoms with Crippen LogP contribution in [0.1, 0.15) is 24.0 Å². The highest BCUT2D eigenvalue weighted by atomic mass is 19.3. The van der Waals surface area contributed by atoms with Crippen LogP contribution in [0.2, 0.25) is 0 Å². The van der Waals surface area contributed by atoms with E-state index in [9.17, 15) is 8.78 Å². The molecule has 2 aromatic rings. The number of halogens is 2. The van der Waals surface area contributed by atoms with Crippen LogP contribution in [0.15, 0.2) is 60.7 Å². The number of benzene rings is 2. The Hall–Kier alpha value is -2.14. The Morgan fingerprint density at radius 1 is 0.762 bits per heavy atom. The first-order valence-corrected chi connectivity index (χ1v) is 7.11. The summed E-state index contributed by atoms with van der Waals surface area (Å²) in [4.78, 5) is 0. The molecule has 0 aliphatic heterocycles. The fourth-order valence-electron chi connectivity index (χ4n) is 2.05. The predicted octanol–water partition coefficient (Wildman–Crippen LogP) is 4.89. The second kappa shape index (κ2) is 7.59. The van der Waals surface area contributed by atoms with Gasteiger partial charge in [0.15, 0.2) is 0 Å². The average molecular weight is 284 g/mol. The van der Waals surface area contributed by atoms with Gasteiger partial charge in [-0.2, -0.15) is 8.78 Å². The van der Waals surface area contributed by atoms with E-state index in [1.54, 1.807) is 0 Å². The van der Waals surface area contributed by atoms with Gasteiger partial charge in [-0.15, -0.1) is 0 Å². The zero-order valence-electron chi connectivity index (χ0n) is 11.9. The van der Waals surface area contributed by atoms with E-state index in [1.165, 1.54) is 0 Å². The fraction of sp³-hybridized carbons (Fsp3) is 0.263. The zero-order chi connectivity index (χ0) is 15.0. The van der Waals surface area contributed by atoms with Gasteiger partial charge in [0.2, 0.25) is 0 Å². The molecule has 0 amide bonds. The van der Waals surface area contributed by atoms with Gasteiger partial charge in [-0.3, -0.25) is 0 Å². The van der Waals surface area contributed by atoms with Gasteiger partial charge in [-0.1, -0.05) is 66.6 Å². The van der Waals surface area contributed by atoms with Gasteiger partial charge in [0.25, 0.3) is 0 Å². The van der Waals surface area contributed by atoms with Crippen molar-refractivity contribution in [2.24, 2.45) is 0 Å². The molecule has 0 aliphatic rings. The van der Waals surface area contributed by atoms with Gasteiger partial charge >= 0.3 is 5.92 Å². The second-order valence-electron chi connectivity index (χ2n) is 4.98. The molecule has 0 saturated heterocycles. The van der Waals surface area contributed by atoms with Crippen LogP contribution in [-0.4, -0.2) is 5.92 Å². The monoisotopic (exact) mass is 284 g/mol. The summed E-state index contributed by atoms with van der Waals surface area (Å²) in [5.41, 5.74) is 2.04. The van der Waals surface area contributed by atoms with E-state index >= 15 is 0 Å². The Bertz CT molecular complexity index is 592. The van der Waals surface area contributed by atoms with Crippen molar-refractivity contribution in [3.05, 3.63) is 71.8 Å². The molecule has 0 radical (unpaired) electrons. The van der Waals surface area contributed by atoms with Gasteiger partial charge in [0.05, 0.1) is 0 Å². The van der Waals surface area contributed by atoms with Crippen LogP contribution in [0.25, 0.3) is 0 Å². The Morgan fingerprint density at radius 3 is 1.86 bits per heavy atom. The third-order valence-corrected chi connectivity index (χ3v) is 3.22. The molecule has 2 rings (SSSR count). The Kier molecular flexibility index (Phi) is 5.51. The van der Waals surface area contributed by atoms with Crippen molar-refractivity contribution >= 4 is 0 Å². The Labute approximate surface area is 124 Å². The van der Waals surface area contributed by atoms with Crippen LogP contribution in [0.5, 0.6) is 0 Å². The first-order chi connectivity index (χ1) is 10.2. The minimum absolute atomic E-state index is 0.227. The molecule has 0 atom stereocenters. The van der Waals surface area contributed by atoms with Crippen molar-refractivity contribution in [2.45, 2.75) is 31.6 Å². The molecule has 0 aliphatic carbocycles. The van der Waals surface area contributed by atoms with Crippen LogP contribution in [0.3, 0.4) is 0 Å². The van der Waals surface area contributed by atoms with Gasteiger partial charge in [0.1, 0.15) is 0 Å². The lowest BCUT2D eigenvalue weighted by atomic mass is 10.1. The van der Waals surface area contributed by atoms with E-state index in [4.69, 9.17) is 0 Å². The van der Waals surface area contributed by atoms with Crippen LogP contribution in [-0.2, 0) is 12.8 Å². The third-order valence-electron chi connectivity index (χ3n) is 3.22. The largest absolute Gasteiger partial charge is 0.308 e. The van der Waals surface area contributed by atoms with Crippen molar-refractivity contribution in [1.82, 2.24) is 0 Å². The quantitative estimate of drug-likeness (QED) is 0.686. The first-order valence-electron chi connectivity index (χ1n) is 7.11. The lowest BCUT2D eigenvalue weighted by molar-refractivity contribution is 0.0570. The van der Waals surface area contributed by atoms with Crippen LogP contribution < -0.4 is 0 Å². The summed E-state index contributed by atoms with van der Waals surface area (Å²) in [6, 6.07) is 19.1. The maximum Gasteiger partial charge on any atom is 0.308 e. The molecule has 2 heteroatoms. The number of alkyl halides is 2. The minimum atomic E-state index is -2.91. The van der Waals surface area contributed by atoms with Crippen molar-refractivity contribution in [3.63, 3.8) is 0 Å². The number of rotatable bonds is 5. The highest BCUT2D eigenvalue weighted by molar-refractivity contribution is 5.19. The Morgan fingerprint density at radius 2 is 1.29 bits per heavy atom. The molecule has 0 heterocycles. The zero-order valence-corrected chi connectivity index (χ0v) is 11.9. The SMILES string of the molecule is FC(F)(C#CCCc1ccccc1)CCc1ccccc1. The third kappa shape index (κ3) is 5.79. The second-order valence-corrected chi connectivity index (χ2v) is 4.98. The summed E-state index contributed by atoms with van der Waals surface area (Å²) in [6.07, 6.45) is 1.30. The van der Waals surface area contributed by atoms with Gasteiger partial charge in [0, 0.05) is 12.8 Å². The molecule has 0 unspecified atom stereocenters. The predicted molar refractivity (Wildman–Crippen MR) is 82.2 cm³/mol. The van der Waals surface area contributed by atoms with Crippen LogP contribution in [0.4, 0.5) is 8.78 Å². The highest BCUT2D eigenvalue weighted by Gasteiger charge is 2.24. The Balaban J connectivity index is 1.79. The highest BCUT2D eigenvalue weighted by Crippen LogP contribution is 2.20. The van der Waals surface area contributed by atoms with Crippen LogP contribution in [0, 0.1) is 11.8 Å². The number of aryl methyl sites for hydroxylation is 2. The summed E-state index contributed by atoms with van der Waals surface area (Å²) >= 11 is 0. The summed E-state index contributed by atoms with van der Waals surface area (Å²) in [6.45, 7) is 0. The van der Waals surface area contributed by atoms with E-state index in [-0.39, 0.29) is 6.42 Å². The molecule has 0 spiro atoms. The summed E-state index contributed by atoms with van der Waals surface area (Å²) in [5, 5.41) is 0. The molecule has 0 N–H and O–H groups in total.